The van der Waals surface area contributed by atoms with E-state index in [0.717, 1.165) is 34.0 Å². The maximum absolute atomic E-state index is 11.9. The van der Waals surface area contributed by atoms with Gasteiger partial charge in [-0.2, -0.15) is 0 Å². The molecule has 1 aliphatic heterocycles. The summed E-state index contributed by atoms with van der Waals surface area (Å²) in [5.74, 6) is -3.48. The van der Waals surface area contributed by atoms with E-state index in [0.29, 0.717) is 0 Å². The van der Waals surface area contributed by atoms with Gasteiger partial charge >= 0.3 is 23.9 Å². The van der Waals surface area contributed by atoms with Crippen molar-refractivity contribution in [3.05, 3.63) is 22.3 Å². The van der Waals surface area contributed by atoms with E-state index in [9.17, 15) is 19.2 Å². The lowest BCUT2D eigenvalue weighted by Gasteiger charge is -2.39. The van der Waals surface area contributed by atoms with Gasteiger partial charge in [-0.05, 0) is 11.6 Å². The summed E-state index contributed by atoms with van der Waals surface area (Å²) in [7, 11) is 1.10. The monoisotopic (exact) mass is 450 g/mol. The van der Waals surface area contributed by atoms with Gasteiger partial charge in [-0.25, -0.2) is 4.79 Å². The molecule has 0 saturated heterocycles. The number of esters is 4. The lowest BCUT2D eigenvalue weighted by Crippen LogP contribution is -2.58. The number of carbonyl (C=O) groups excluding carboxylic acids is 4. The normalized spacial score (nSPS) is 21.8. The number of hydrogen-bond acceptors (Lipinski definition) is 11. The second-order valence-electron chi connectivity index (χ2n) is 5.90. The molecule has 2 N–H and O–H groups in total. The Kier molecular flexibility index (Phi) is 11.3. The number of ether oxygens (including phenoxy) is 5. The number of hydrogen-bond donors (Lipinski definition) is 1. The number of methoxy groups -OCH3 is 1. The van der Waals surface area contributed by atoms with E-state index < -0.39 is 60.9 Å². The Hall–Kier alpha value is -3.02. The van der Waals surface area contributed by atoms with Gasteiger partial charge in [0.05, 0.1) is 19.2 Å². The Morgan fingerprint density at radius 1 is 1.20 bits per heavy atom. The summed E-state index contributed by atoms with van der Waals surface area (Å²) < 4.78 is 25.3. The molecule has 1 rings (SSSR count). The van der Waals surface area contributed by atoms with E-state index in [1.807, 2.05) is 0 Å². The second-order valence-corrected chi connectivity index (χ2v) is 5.90. The summed E-state index contributed by atoms with van der Waals surface area (Å²) in [4.78, 5) is 48.9. The molecular formula is C16H23ClN4O9. The topological polar surface area (TPSA) is 189 Å². The van der Waals surface area contributed by atoms with Gasteiger partial charge in [-0.3, -0.25) is 14.4 Å². The number of carbonyl (C=O) groups is 4. The summed E-state index contributed by atoms with van der Waals surface area (Å²) in [6, 6.07) is -2.18. The Morgan fingerprint density at radius 3 is 2.27 bits per heavy atom. The van der Waals surface area contributed by atoms with Gasteiger partial charge in [0.2, 0.25) is 5.76 Å². The lowest BCUT2D eigenvalue weighted by atomic mass is 9.93. The number of nitrogens with two attached hydrogens (primary N) is 1. The maximum atomic E-state index is 11.9. The first-order chi connectivity index (χ1) is 13.6. The van der Waals surface area contributed by atoms with Crippen molar-refractivity contribution < 1.29 is 42.9 Å². The standard InChI is InChI=1S/C16H22N4O9.ClH/c1-7(21)26-6-12(27-8(2)22)14(28-9(3)23)15-13(17)10(19-20-18)5-11(29-15)16(24)25-4;/h5,10,12-15H,6,17H2,1-4H3;1H/t10-,12+,13+,14+,15+;/m0./s1. The predicted octanol–water partition coefficient (Wildman–Crippen LogP) is 0.297. The van der Waals surface area contributed by atoms with Gasteiger partial charge < -0.3 is 29.4 Å². The van der Waals surface area contributed by atoms with Crippen molar-refractivity contribution in [3.63, 3.8) is 0 Å². The molecule has 30 heavy (non-hydrogen) atoms. The zero-order valence-electron chi connectivity index (χ0n) is 16.7. The van der Waals surface area contributed by atoms with Gasteiger partial charge in [-0.1, -0.05) is 5.11 Å². The molecular weight excluding hydrogens is 428 g/mol. The molecule has 0 spiro atoms. The molecule has 0 radical (unpaired) electrons. The van der Waals surface area contributed by atoms with Crippen LogP contribution in [0.25, 0.3) is 10.4 Å². The highest BCUT2D eigenvalue weighted by molar-refractivity contribution is 5.86. The molecule has 5 atom stereocenters. The molecule has 0 aliphatic carbocycles. The van der Waals surface area contributed by atoms with Crippen molar-refractivity contribution in [1.29, 1.82) is 0 Å². The maximum Gasteiger partial charge on any atom is 0.372 e. The van der Waals surface area contributed by atoms with Gasteiger partial charge in [0.25, 0.3) is 0 Å². The van der Waals surface area contributed by atoms with Crippen LogP contribution in [0.5, 0.6) is 0 Å². The number of rotatable bonds is 8. The Balaban J connectivity index is 0.00000841. The van der Waals surface area contributed by atoms with Gasteiger partial charge in [0, 0.05) is 25.7 Å². The van der Waals surface area contributed by atoms with Crippen LogP contribution in [0, 0.1) is 0 Å². The van der Waals surface area contributed by atoms with Crippen LogP contribution in [-0.4, -0.2) is 68.0 Å². The average Bonchev–Trinajstić information content (AvgIpc) is 2.64. The first-order valence-electron chi connectivity index (χ1n) is 8.35. The summed E-state index contributed by atoms with van der Waals surface area (Å²) in [6.07, 6.45) is -2.88. The Morgan fingerprint density at radius 2 is 1.80 bits per heavy atom. The zero-order chi connectivity index (χ0) is 22.1. The van der Waals surface area contributed by atoms with Crippen molar-refractivity contribution in [2.45, 2.75) is 51.2 Å². The highest BCUT2D eigenvalue weighted by Gasteiger charge is 2.45. The fourth-order valence-electron chi connectivity index (χ4n) is 2.55. The van der Waals surface area contributed by atoms with Gasteiger partial charge in [0.1, 0.15) is 6.61 Å². The molecule has 0 amide bonds. The molecule has 0 bridgehead atoms. The number of halogens is 1. The van der Waals surface area contributed by atoms with Crippen LogP contribution in [0.2, 0.25) is 0 Å². The fourth-order valence-corrected chi connectivity index (χ4v) is 2.55. The van der Waals surface area contributed by atoms with Crippen LogP contribution >= 0.6 is 12.4 Å². The molecule has 13 nitrogen and oxygen atoms in total. The van der Waals surface area contributed by atoms with Crippen molar-refractivity contribution >= 4 is 36.3 Å². The lowest BCUT2D eigenvalue weighted by molar-refractivity contribution is -0.187. The first kappa shape index (κ1) is 27.0. The third-order valence-corrected chi connectivity index (χ3v) is 3.69. The molecule has 0 fully saturated rings. The van der Waals surface area contributed by atoms with Crippen molar-refractivity contribution in [1.82, 2.24) is 0 Å². The minimum Gasteiger partial charge on any atom is -0.478 e. The molecule has 0 saturated carbocycles. The first-order valence-corrected chi connectivity index (χ1v) is 8.35. The van der Waals surface area contributed by atoms with Crippen molar-refractivity contribution in [3.8, 4) is 0 Å². The number of nitrogens with zero attached hydrogens (tertiary/aromatic N) is 3. The molecule has 0 unspecified atom stereocenters. The largest absolute Gasteiger partial charge is 0.478 e. The third kappa shape index (κ3) is 7.78. The minimum absolute atomic E-state index is 0. The molecule has 14 heteroatoms. The van der Waals surface area contributed by atoms with E-state index in [1.165, 1.54) is 0 Å². The van der Waals surface area contributed by atoms with Crippen molar-refractivity contribution in [2.75, 3.05) is 13.7 Å². The SMILES string of the molecule is COC(=O)C1=C[C@H](N=[N+]=[N-])[C@@H](N)[C@H]([C@H](OC(C)=O)[C@@H](COC(C)=O)OC(C)=O)O1.Cl. The van der Waals surface area contributed by atoms with Crippen LogP contribution in [0.4, 0.5) is 0 Å². The van der Waals surface area contributed by atoms with Crippen LogP contribution in [0.1, 0.15) is 20.8 Å². The fraction of sp³-hybridized carbons (Fsp3) is 0.625. The third-order valence-electron chi connectivity index (χ3n) is 3.69. The Labute approximate surface area is 177 Å². The quantitative estimate of drug-likeness (QED) is 0.177. The molecule has 0 aromatic carbocycles. The van der Waals surface area contributed by atoms with E-state index in [1.54, 1.807) is 0 Å². The van der Waals surface area contributed by atoms with Gasteiger partial charge in [0.15, 0.2) is 18.3 Å². The van der Waals surface area contributed by atoms with Gasteiger partial charge in [-0.15, -0.1) is 12.4 Å². The van der Waals surface area contributed by atoms with E-state index in [-0.39, 0.29) is 18.2 Å². The summed E-state index contributed by atoms with van der Waals surface area (Å²) in [6.45, 7) is 2.82. The molecule has 168 valence electrons. The van der Waals surface area contributed by atoms with E-state index in [2.05, 4.69) is 14.8 Å². The molecule has 1 heterocycles. The average molecular weight is 451 g/mol. The summed E-state index contributed by atoms with van der Waals surface area (Å²) in [5.41, 5.74) is 14.9. The smallest absolute Gasteiger partial charge is 0.372 e. The highest BCUT2D eigenvalue weighted by atomic mass is 35.5. The molecule has 0 aromatic heterocycles. The highest BCUT2D eigenvalue weighted by Crippen LogP contribution is 2.27. The van der Waals surface area contributed by atoms with Crippen LogP contribution in [0.15, 0.2) is 16.9 Å². The van der Waals surface area contributed by atoms with Crippen LogP contribution in [-0.2, 0) is 42.9 Å². The Bertz CT molecular complexity index is 738. The summed E-state index contributed by atoms with van der Waals surface area (Å²) in [5, 5.41) is 3.50. The van der Waals surface area contributed by atoms with Crippen molar-refractivity contribution in [2.24, 2.45) is 10.8 Å². The van der Waals surface area contributed by atoms with Crippen LogP contribution < -0.4 is 5.73 Å². The minimum atomic E-state index is -1.41. The second kappa shape index (κ2) is 12.5. The van der Waals surface area contributed by atoms with Crippen LogP contribution in [0.3, 0.4) is 0 Å². The summed E-state index contributed by atoms with van der Waals surface area (Å²) >= 11 is 0. The van der Waals surface area contributed by atoms with E-state index >= 15 is 0 Å². The van der Waals surface area contributed by atoms with E-state index in [4.69, 9.17) is 30.2 Å². The molecule has 0 aromatic rings. The zero-order valence-corrected chi connectivity index (χ0v) is 17.5. The molecule has 1 aliphatic rings. The predicted molar refractivity (Wildman–Crippen MR) is 101 cm³/mol. The number of azide groups is 1.